The number of carbonyl (C=O) groups is 1. The van der Waals surface area contributed by atoms with Gasteiger partial charge in [0.25, 0.3) is 5.91 Å². The highest BCUT2D eigenvalue weighted by Gasteiger charge is 2.27. The summed E-state index contributed by atoms with van der Waals surface area (Å²) in [5.41, 5.74) is 5.17. The molecule has 1 aliphatic rings. The van der Waals surface area contributed by atoms with Gasteiger partial charge in [-0.25, -0.2) is 9.97 Å². The van der Waals surface area contributed by atoms with Crippen LogP contribution in [0.25, 0.3) is 22.2 Å². The summed E-state index contributed by atoms with van der Waals surface area (Å²) in [6, 6.07) is 14.9. The number of nitrogens with zero attached hydrogens (tertiary/aromatic N) is 5. The van der Waals surface area contributed by atoms with Crippen molar-refractivity contribution in [1.82, 2.24) is 24.3 Å². The summed E-state index contributed by atoms with van der Waals surface area (Å²) in [6.45, 7) is -1.73. The molecule has 0 aliphatic carbocycles. The summed E-state index contributed by atoms with van der Waals surface area (Å²) in [6.07, 6.45) is 5.46. The van der Waals surface area contributed by atoms with Gasteiger partial charge in [0.2, 0.25) is 0 Å². The van der Waals surface area contributed by atoms with Crippen LogP contribution in [0.15, 0.2) is 60.9 Å². The third kappa shape index (κ3) is 5.53. The molecule has 5 rings (SSSR count). The molecule has 1 amide bonds. The van der Waals surface area contributed by atoms with Crippen molar-refractivity contribution in [3.05, 3.63) is 77.7 Å². The number of benzene rings is 1. The molecule has 204 valence electrons. The van der Waals surface area contributed by atoms with Crippen LogP contribution in [-0.4, -0.2) is 75.5 Å². The SMILES string of the molecule is [2H]C([2H])([2H])N(C(=O)c1ccc(C2CCN([C@@H](C)c3cc4c(-c5ccc(NCCO)nc5)ccnc4n3C)CC2)cc1)C([2H])([2H])[2H]. The molecule has 3 aromatic heterocycles. The minimum Gasteiger partial charge on any atom is -0.395 e. The molecule has 0 unspecified atom stereocenters. The molecular weight excluding hydrogens is 488 g/mol. The predicted octanol–water partition coefficient (Wildman–Crippen LogP) is 4.68. The number of piperidine rings is 1. The number of hydrogen-bond acceptors (Lipinski definition) is 6. The molecule has 0 radical (unpaired) electrons. The van der Waals surface area contributed by atoms with E-state index in [0.717, 1.165) is 59.3 Å². The molecular formula is C31H38N6O2. The molecule has 4 aromatic rings. The van der Waals surface area contributed by atoms with Crippen molar-refractivity contribution >= 4 is 22.8 Å². The summed E-state index contributed by atoms with van der Waals surface area (Å²) >= 11 is 0. The third-order valence-corrected chi connectivity index (χ3v) is 7.80. The summed E-state index contributed by atoms with van der Waals surface area (Å²) in [4.78, 5) is 24.4. The van der Waals surface area contributed by atoms with Crippen LogP contribution in [0.2, 0.25) is 0 Å². The van der Waals surface area contributed by atoms with Gasteiger partial charge >= 0.3 is 0 Å². The smallest absolute Gasteiger partial charge is 0.253 e. The van der Waals surface area contributed by atoms with Gasteiger partial charge in [0.05, 0.1) is 6.61 Å². The van der Waals surface area contributed by atoms with E-state index >= 15 is 0 Å². The molecule has 0 spiro atoms. The number of nitrogens with one attached hydrogen (secondary N) is 1. The van der Waals surface area contributed by atoms with Gasteiger partial charge in [-0.1, -0.05) is 12.1 Å². The second-order valence-corrected chi connectivity index (χ2v) is 10.1. The second-order valence-electron chi connectivity index (χ2n) is 10.1. The predicted molar refractivity (Wildman–Crippen MR) is 156 cm³/mol. The normalized spacial score (nSPS) is 18.3. The Labute approximate surface area is 238 Å². The second kappa shape index (κ2) is 11.6. The first-order valence-electron chi connectivity index (χ1n) is 16.2. The van der Waals surface area contributed by atoms with E-state index in [0.29, 0.717) is 12.4 Å². The van der Waals surface area contributed by atoms with Gasteiger partial charge < -0.3 is 19.9 Å². The van der Waals surface area contributed by atoms with Gasteiger partial charge in [-0.3, -0.25) is 9.69 Å². The number of carbonyl (C=O) groups excluding carboxylic acids is 1. The number of pyridine rings is 2. The maximum absolute atomic E-state index is 12.8. The number of amides is 1. The lowest BCUT2D eigenvalue weighted by Crippen LogP contribution is -2.35. The summed E-state index contributed by atoms with van der Waals surface area (Å²) in [7, 11) is 2.04. The van der Waals surface area contributed by atoms with E-state index in [1.165, 1.54) is 12.1 Å². The Hall–Kier alpha value is -3.75. The molecule has 1 aliphatic heterocycles. The molecule has 39 heavy (non-hydrogen) atoms. The fourth-order valence-corrected chi connectivity index (χ4v) is 5.57. The molecule has 8 nitrogen and oxygen atoms in total. The molecule has 8 heteroatoms. The van der Waals surface area contributed by atoms with E-state index in [1.54, 1.807) is 12.1 Å². The van der Waals surface area contributed by atoms with E-state index in [1.807, 2.05) is 37.6 Å². The quantitative estimate of drug-likeness (QED) is 0.343. The zero-order chi connectivity index (χ0) is 32.5. The molecule has 0 saturated carbocycles. The number of aliphatic hydroxyl groups is 1. The molecule has 1 atom stereocenters. The zero-order valence-corrected chi connectivity index (χ0v) is 22.3. The number of hydrogen-bond donors (Lipinski definition) is 2. The molecule has 0 bridgehead atoms. The van der Waals surface area contributed by atoms with E-state index < -0.39 is 19.9 Å². The highest BCUT2D eigenvalue weighted by molar-refractivity contribution is 5.94. The minimum atomic E-state index is -3.08. The average Bonchev–Trinajstić information content (AvgIpc) is 3.35. The van der Waals surface area contributed by atoms with Crippen molar-refractivity contribution < 1.29 is 18.1 Å². The summed E-state index contributed by atoms with van der Waals surface area (Å²) in [5.74, 6) is -0.0647. The van der Waals surface area contributed by atoms with Crippen LogP contribution in [0, 0.1) is 0 Å². The zero-order valence-electron chi connectivity index (χ0n) is 28.3. The van der Waals surface area contributed by atoms with Crippen LogP contribution >= 0.6 is 0 Å². The topological polar surface area (TPSA) is 86.5 Å². The standard InChI is InChI=1S/C31H38N6O2/c1-21(37-16-12-23(13-17-37)22-5-7-24(8-6-22)31(39)35(2)3)28-19-27-26(11-14-33-30(27)36(28)4)25-9-10-29(34-20-25)32-15-18-38/h5-11,14,19-21,23,38H,12-13,15-18H2,1-4H3,(H,32,34)/t21-/m0/s1/i2D3,3D3. The van der Waals surface area contributed by atoms with E-state index in [4.69, 9.17) is 13.3 Å². The Morgan fingerprint density at radius 2 is 1.92 bits per heavy atom. The number of likely N-dealkylation sites (tertiary alicyclic amines) is 1. The number of aliphatic hydroxyl groups excluding tert-OH is 1. The van der Waals surface area contributed by atoms with Crippen molar-refractivity contribution in [2.24, 2.45) is 7.05 Å². The number of aryl methyl sites for hydroxylation is 1. The lowest BCUT2D eigenvalue weighted by molar-refractivity contribution is 0.0827. The van der Waals surface area contributed by atoms with Crippen LogP contribution in [0.3, 0.4) is 0 Å². The summed E-state index contributed by atoms with van der Waals surface area (Å²) < 4.78 is 47.3. The third-order valence-electron chi connectivity index (χ3n) is 7.80. The molecule has 1 fully saturated rings. The van der Waals surface area contributed by atoms with Gasteiger partial charge in [0.1, 0.15) is 11.5 Å². The van der Waals surface area contributed by atoms with Gasteiger partial charge in [0, 0.05) is 76.4 Å². The highest BCUT2D eigenvalue weighted by Crippen LogP contribution is 2.36. The number of rotatable bonds is 8. The first-order valence-corrected chi connectivity index (χ1v) is 13.2. The fraction of sp³-hybridized carbons (Fsp3) is 0.387. The van der Waals surface area contributed by atoms with Crippen molar-refractivity contribution in [2.75, 3.05) is 45.5 Å². The lowest BCUT2D eigenvalue weighted by Gasteiger charge is -2.36. The van der Waals surface area contributed by atoms with Crippen LogP contribution in [0.5, 0.6) is 0 Å². The van der Waals surface area contributed by atoms with Crippen LogP contribution < -0.4 is 5.32 Å². The molecule has 2 N–H and O–H groups in total. The van der Waals surface area contributed by atoms with Crippen LogP contribution in [0.1, 0.15) is 61.6 Å². The molecule has 1 saturated heterocycles. The number of anilines is 1. The number of fused-ring (bicyclic) bond motifs is 1. The van der Waals surface area contributed by atoms with Crippen LogP contribution in [0.4, 0.5) is 5.82 Å². The lowest BCUT2D eigenvalue weighted by atomic mass is 9.88. The van der Waals surface area contributed by atoms with Crippen molar-refractivity contribution in [3.63, 3.8) is 0 Å². The maximum Gasteiger partial charge on any atom is 0.253 e. The van der Waals surface area contributed by atoms with Gasteiger partial charge in [-0.05, 0) is 86.3 Å². The Bertz CT molecular complexity index is 1610. The monoisotopic (exact) mass is 532 g/mol. The van der Waals surface area contributed by atoms with Gasteiger partial charge in [0.15, 0.2) is 0 Å². The van der Waals surface area contributed by atoms with E-state index in [-0.39, 0.29) is 29.0 Å². The first-order chi connectivity index (χ1) is 21.3. The van der Waals surface area contributed by atoms with Crippen molar-refractivity contribution in [2.45, 2.75) is 31.7 Å². The first kappa shape index (κ1) is 20.2. The Balaban J connectivity index is 1.27. The van der Waals surface area contributed by atoms with E-state index in [2.05, 4.69) is 37.7 Å². The average molecular weight is 533 g/mol. The van der Waals surface area contributed by atoms with E-state index in [9.17, 15) is 4.79 Å². The number of aromatic nitrogens is 3. The maximum atomic E-state index is 12.8. The van der Waals surface area contributed by atoms with Gasteiger partial charge in [-0.15, -0.1) is 0 Å². The Morgan fingerprint density at radius 1 is 1.15 bits per heavy atom. The highest BCUT2D eigenvalue weighted by atomic mass is 16.3. The molecule has 1 aromatic carbocycles. The minimum absolute atomic E-state index is 0.00859. The Morgan fingerprint density at radius 3 is 2.59 bits per heavy atom. The fourth-order valence-electron chi connectivity index (χ4n) is 5.57. The largest absolute Gasteiger partial charge is 0.395 e. The van der Waals surface area contributed by atoms with Crippen molar-refractivity contribution in [3.8, 4) is 11.1 Å². The Kier molecular flexibility index (Phi) is 5.98. The van der Waals surface area contributed by atoms with Gasteiger partial charge in [-0.2, -0.15) is 0 Å². The van der Waals surface area contributed by atoms with Crippen LogP contribution in [-0.2, 0) is 7.05 Å². The van der Waals surface area contributed by atoms with Crippen molar-refractivity contribution in [1.29, 1.82) is 0 Å². The summed E-state index contributed by atoms with van der Waals surface area (Å²) in [5, 5.41) is 13.2. The molecule has 4 heterocycles.